The highest BCUT2D eigenvalue weighted by molar-refractivity contribution is 7.17. The standard InChI is InChI=1S/C21H19N3O2S/c1-3-22-20(26)19-13(2)27-21-23-16(12-18(25)24(19)21)11-15-9-6-8-14-7-4-5-10-17(14)15/h4-10,12H,3,11H2,1-2H3,(H,22,26). The number of thiazole rings is 1. The van der Waals surface area contributed by atoms with Crippen LogP contribution in [0, 0.1) is 6.92 Å². The van der Waals surface area contributed by atoms with E-state index in [4.69, 9.17) is 0 Å². The summed E-state index contributed by atoms with van der Waals surface area (Å²) in [5.41, 5.74) is 1.99. The second-order valence-corrected chi connectivity index (χ2v) is 7.57. The first-order valence-corrected chi connectivity index (χ1v) is 9.67. The Bertz CT molecular complexity index is 1220. The van der Waals surface area contributed by atoms with Gasteiger partial charge in [0.05, 0.1) is 5.69 Å². The third-order valence-corrected chi connectivity index (χ3v) is 5.50. The van der Waals surface area contributed by atoms with Crippen molar-refractivity contribution in [1.29, 1.82) is 0 Å². The number of aryl methyl sites for hydroxylation is 1. The lowest BCUT2D eigenvalue weighted by atomic mass is 10.0. The molecule has 2 aromatic carbocycles. The van der Waals surface area contributed by atoms with E-state index in [-0.39, 0.29) is 11.5 Å². The van der Waals surface area contributed by atoms with Gasteiger partial charge in [-0.2, -0.15) is 0 Å². The van der Waals surface area contributed by atoms with Crippen LogP contribution in [0.1, 0.15) is 33.5 Å². The van der Waals surface area contributed by atoms with Gasteiger partial charge in [-0.25, -0.2) is 9.38 Å². The fraction of sp³-hybridized carbons (Fsp3) is 0.190. The van der Waals surface area contributed by atoms with E-state index >= 15 is 0 Å². The van der Waals surface area contributed by atoms with Gasteiger partial charge in [0.1, 0.15) is 5.69 Å². The molecule has 0 aliphatic carbocycles. The molecule has 0 spiro atoms. The van der Waals surface area contributed by atoms with E-state index in [1.807, 2.05) is 32.0 Å². The number of amides is 1. The van der Waals surface area contributed by atoms with Crippen molar-refractivity contribution in [3.63, 3.8) is 0 Å². The highest BCUT2D eigenvalue weighted by Gasteiger charge is 2.19. The molecule has 1 N–H and O–H groups in total. The average Bonchev–Trinajstić information content (AvgIpc) is 2.99. The smallest absolute Gasteiger partial charge is 0.269 e. The number of nitrogens with zero attached hydrogens (tertiary/aromatic N) is 2. The van der Waals surface area contributed by atoms with Crippen molar-refractivity contribution in [2.45, 2.75) is 20.3 Å². The quantitative estimate of drug-likeness (QED) is 0.591. The zero-order valence-electron chi connectivity index (χ0n) is 15.2. The van der Waals surface area contributed by atoms with Gasteiger partial charge in [0.2, 0.25) is 0 Å². The predicted molar refractivity (Wildman–Crippen MR) is 109 cm³/mol. The fourth-order valence-corrected chi connectivity index (χ4v) is 4.35. The summed E-state index contributed by atoms with van der Waals surface area (Å²) < 4.78 is 1.41. The SMILES string of the molecule is CCNC(=O)c1c(C)sc2nc(Cc3cccc4ccccc34)cc(=O)n12. The van der Waals surface area contributed by atoms with E-state index in [0.717, 1.165) is 15.8 Å². The Balaban J connectivity index is 1.80. The average molecular weight is 377 g/mol. The number of rotatable bonds is 4. The van der Waals surface area contributed by atoms with Gasteiger partial charge in [0.15, 0.2) is 4.96 Å². The molecular weight excluding hydrogens is 358 g/mol. The van der Waals surface area contributed by atoms with Crippen LogP contribution in [-0.4, -0.2) is 21.8 Å². The van der Waals surface area contributed by atoms with Crippen molar-refractivity contribution in [1.82, 2.24) is 14.7 Å². The van der Waals surface area contributed by atoms with Gasteiger partial charge >= 0.3 is 0 Å². The number of fused-ring (bicyclic) bond motifs is 2. The number of carbonyl (C=O) groups is 1. The van der Waals surface area contributed by atoms with Crippen LogP contribution in [0.4, 0.5) is 0 Å². The van der Waals surface area contributed by atoms with Gasteiger partial charge in [-0.05, 0) is 30.2 Å². The molecule has 4 aromatic rings. The molecule has 27 heavy (non-hydrogen) atoms. The Morgan fingerprint density at radius 1 is 1.19 bits per heavy atom. The lowest BCUT2D eigenvalue weighted by Gasteiger charge is -2.07. The third-order valence-electron chi connectivity index (χ3n) is 4.55. The maximum absolute atomic E-state index is 12.7. The monoisotopic (exact) mass is 377 g/mol. The molecule has 0 aliphatic rings. The molecule has 1 amide bonds. The molecule has 4 rings (SSSR count). The van der Waals surface area contributed by atoms with Gasteiger partial charge in [-0.1, -0.05) is 42.5 Å². The van der Waals surface area contributed by atoms with Crippen molar-refractivity contribution in [2.75, 3.05) is 6.54 Å². The molecule has 0 fully saturated rings. The summed E-state index contributed by atoms with van der Waals surface area (Å²) in [6.45, 7) is 4.20. The minimum absolute atomic E-state index is 0.221. The zero-order valence-corrected chi connectivity index (χ0v) is 16.0. The highest BCUT2D eigenvalue weighted by Crippen LogP contribution is 2.23. The van der Waals surface area contributed by atoms with Crippen molar-refractivity contribution < 1.29 is 4.79 Å². The minimum atomic E-state index is -0.244. The van der Waals surface area contributed by atoms with Crippen LogP contribution in [0.25, 0.3) is 15.7 Å². The molecule has 0 radical (unpaired) electrons. The van der Waals surface area contributed by atoms with E-state index < -0.39 is 0 Å². The third kappa shape index (κ3) is 3.13. The minimum Gasteiger partial charge on any atom is -0.351 e. The van der Waals surface area contributed by atoms with Gasteiger partial charge < -0.3 is 5.32 Å². The zero-order chi connectivity index (χ0) is 19.0. The summed E-state index contributed by atoms with van der Waals surface area (Å²) in [7, 11) is 0. The summed E-state index contributed by atoms with van der Waals surface area (Å²) in [4.78, 5) is 31.1. The maximum Gasteiger partial charge on any atom is 0.269 e. The summed E-state index contributed by atoms with van der Waals surface area (Å²) in [5, 5.41) is 5.09. The fourth-order valence-electron chi connectivity index (χ4n) is 3.36. The summed E-state index contributed by atoms with van der Waals surface area (Å²) in [5.74, 6) is -0.244. The van der Waals surface area contributed by atoms with Crippen LogP contribution in [-0.2, 0) is 6.42 Å². The molecule has 0 saturated carbocycles. The molecule has 0 atom stereocenters. The molecule has 6 heteroatoms. The molecule has 2 aromatic heterocycles. The van der Waals surface area contributed by atoms with Crippen molar-refractivity contribution in [2.24, 2.45) is 0 Å². The van der Waals surface area contributed by atoms with Crippen LogP contribution < -0.4 is 10.9 Å². The van der Waals surface area contributed by atoms with E-state index in [9.17, 15) is 9.59 Å². The van der Waals surface area contributed by atoms with Gasteiger partial charge in [0, 0.05) is 23.9 Å². The number of hydrogen-bond donors (Lipinski definition) is 1. The lowest BCUT2D eigenvalue weighted by molar-refractivity contribution is 0.0949. The Morgan fingerprint density at radius 2 is 1.96 bits per heavy atom. The van der Waals surface area contributed by atoms with E-state index in [1.54, 1.807) is 0 Å². The van der Waals surface area contributed by atoms with Crippen LogP contribution in [0.5, 0.6) is 0 Å². The number of hydrogen-bond acceptors (Lipinski definition) is 4. The molecule has 0 saturated heterocycles. The Hall–Kier alpha value is -2.99. The normalized spacial score (nSPS) is 11.2. The molecule has 2 heterocycles. The summed E-state index contributed by atoms with van der Waals surface area (Å²) >= 11 is 1.37. The second kappa shape index (κ2) is 6.96. The summed E-state index contributed by atoms with van der Waals surface area (Å²) in [6.07, 6.45) is 0.570. The van der Waals surface area contributed by atoms with Crippen LogP contribution >= 0.6 is 11.3 Å². The molecule has 5 nitrogen and oxygen atoms in total. The van der Waals surface area contributed by atoms with Crippen LogP contribution in [0.15, 0.2) is 53.3 Å². The lowest BCUT2D eigenvalue weighted by Crippen LogP contribution is -2.28. The van der Waals surface area contributed by atoms with Crippen molar-refractivity contribution >= 4 is 33.0 Å². The number of benzene rings is 2. The topological polar surface area (TPSA) is 63.5 Å². The molecule has 0 unspecified atom stereocenters. The molecule has 0 bridgehead atoms. The van der Waals surface area contributed by atoms with Crippen molar-refractivity contribution in [3.05, 3.63) is 80.7 Å². The first-order chi connectivity index (χ1) is 13.1. The number of carbonyl (C=O) groups excluding carboxylic acids is 1. The number of nitrogens with one attached hydrogen (secondary N) is 1. The van der Waals surface area contributed by atoms with Gasteiger partial charge in [0.25, 0.3) is 11.5 Å². The van der Waals surface area contributed by atoms with Crippen molar-refractivity contribution in [3.8, 4) is 0 Å². The Kier molecular flexibility index (Phi) is 4.49. The highest BCUT2D eigenvalue weighted by atomic mass is 32.1. The van der Waals surface area contributed by atoms with E-state index in [2.05, 4.69) is 34.6 Å². The molecule has 136 valence electrons. The molecular formula is C21H19N3O2S. The Labute approximate surface area is 160 Å². The summed E-state index contributed by atoms with van der Waals surface area (Å²) in [6, 6.07) is 15.9. The number of aromatic nitrogens is 2. The Morgan fingerprint density at radius 3 is 2.78 bits per heavy atom. The van der Waals surface area contributed by atoms with Gasteiger partial charge in [-0.3, -0.25) is 9.59 Å². The van der Waals surface area contributed by atoms with Gasteiger partial charge in [-0.15, -0.1) is 11.3 Å². The van der Waals surface area contributed by atoms with Crippen LogP contribution in [0.2, 0.25) is 0 Å². The predicted octanol–water partition coefficient (Wildman–Crippen LogP) is 3.56. The van der Waals surface area contributed by atoms with Crippen LogP contribution in [0.3, 0.4) is 0 Å². The maximum atomic E-state index is 12.7. The van der Waals surface area contributed by atoms with E-state index in [1.165, 1.54) is 27.2 Å². The molecule has 0 aliphatic heterocycles. The van der Waals surface area contributed by atoms with E-state index in [0.29, 0.717) is 29.3 Å². The first kappa shape index (κ1) is 17.4. The second-order valence-electron chi connectivity index (χ2n) is 6.39. The first-order valence-electron chi connectivity index (χ1n) is 8.85. The largest absolute Gasteiger partial charge is 0.351 e.